The zero-order valence-corrected chi connectivity index (χ0v) is 6.65. The second-order valence-corrected chi connectivity index (χ2v) is 3.57. The molecule has 0 aromatic rings. The molecule has 0 fully saturated rings. The summed E-state index contributed by atoms with van der Waals surface area (Å²) in [6, 6.07) is 0. The van der Waals surface area contributed by atoms with Crippen LogP contribution in [0.5, 0.6) is 0 Å². The number of thioether (sulfide) groups is 1. The van der Waals surface area contributed by atoms with Crippen molar-refractivity contribution in [2.24, 2.45) is 0 Å². The first-order valence-electron chi connectivity index (χ1n) is 3.15. The van der Waals surface area contributed by atoms with Gasteiger partial charge in [-0.05, 0) is 19.1 Å². The maximum absolute atomic E-state index is 10.7. The van der Waals surface area contributed by atoms with E-state index in [0.29, 0.717) is 12.8 Å². The van der Waals surface area contributed by atoms with Gasteiger partial charge >= 0.3 is 5.97 Å². The molecule has 0 aliphatic heterocycles. The molecule has 56 valence electrons. The molecular weight excluding hydrogens is 148 g/mol. The number of hydrogen-bond acceptors (Lipinski definition) is 2. The van der Waals surface area contributed by atoms with Crippen molar-refractivity contribution < 1.29 is 9.90 Å². The van der Waals surface area contributed by atoms with Crippen molar-refractivity contribution in [1.29, 1.82) is 0 Å². The summed E-state index contributed by atoms with van der Waals surface area (Å²) in [4.78, 5) is 10.7. The summed E-state index contributed by atoms with van der Waals surface area (Å²) in [5.74, 6) is -0.690. The minimum atomic E-state index is -0.690. The maximum atomic E-state index is 10.7. The topological polar surface area (TPSA) is 37.3 Å². The van der Waals surface area contributed by atoms with Crippen molar-refractivity contribution in [3.8, 4) is 0 Å². The van der Waals surface area contributed by atoms with Gasteiger partial charge in [0.25, 0.3) is 0 Å². The molecular formula is C7H10O2S. The van der Waals surface area contributed by atoms with E-state index in [9.17, 15) is 4.79 Å². The molecule has 1 rings (SSSR count). The Morgan fingerprint density at radius 1 is 1.60 bits per heavy atom. The average Bonchev–Trinajstić information content (AvgIpc) is 2.35. The van der Waals surface area contributed by atoms with Gasteiger partial charge in [0.1, 0.15) is 4.75 Å². The van der Waals surface area contributed by atoms with Gasteiger partial charge in [0.05, 0.1) is 0 Å². The highest BCUT2D eigenvalue weighted by molar-refractivity contribution is 8.00. The summed E-state index contributed by atoms with van der Waals surface area (Å²) in [6.07, 6.45) is 7.06. The van der Waals surface area contributed by atoms with Gasteiger partial charge in [-0.25, -0.2) is 0 Å². The van der Waals surface area contributed by atoms with Gasteiger partial charge < -0.3 is 5.11 Å². The molecule has 0 amide bonds. The predicted octanol–water partition coefficient (Wildman–Crippen LogP) is 1.52. The van der Waals surface area contributed by atoms with Crippen LogP contribution < -0.4 is 0 Å². The lowest BCUT2D eigenvalue weighted by Crippen LogP contribution is -2.31. The third-order valence-electron chi connectivity index (χ3n) is 1.84. The fraction of sp³-hybridized carbons (Fsp3) is 0.571. The summed E-state index contributed by atoms with van der Waals surface area (Å²) in [6.45, 7) is 0. The first-order valence-corrected chi connectivity index (χ1v) is 4.37. The third kappa shape index (κ3) is 1.06. The van der Waals surface area contributed by atoms with Crippen LogP contribution >= 0.6 is 11.8 Å². The van der Waals surface area contributed by atoms with Crippen LogP contribution in [0.15, 0.2) is 12.2 Å². The first kappa shape index (κ1) is 7.66. The highest BCUT2D eigenvalue weighted by Crippen LogP contribution is 2.35. The standard InChI is InChI=1S/C7H10O2S/c1-10-7(6(8)9)4-2-3-5-7/h2-3H,4-5H2,1H3,(H,8,9). The van der Waals surface area contributed by atoms with E-state index in [1.165, 1.54) is 11.8 Å². The van der Waals surface area contributed by atoms with E-state index in [1.807, 2.05) is 18.4 Å². The molecule has 0 bridgehead atoms. The van der Waals surface area contributed by atoms with E-state index in [-0.39, 0.29) is 0 Å². The van der Waals surface area contributed by atoms with Crippen LogP contribution in [-0.4, -0.2) is 22.1 Å². The second-order valence-electron chi connectivity index (χ2n) is 2.38. The average molecular weight is 158 g/mol. The molecule has 0 saturated heterocycles. The SMILES string of the molecule is CSC1(C(=O)O)CC=CC1. The lowest BCUT2D eigenvalue weighted by Gasteiger charge is -2.20. The molecule has 1 aliphatic carbocycles. The molecule has 0 aromatic heterocycles. The normalized spacial score (nSPS) is 21.3. The number of carboxylic acid groups (broad SMARTS) is 1. The molecule has 0 atom stereocenters. The largest absolute Gasteiger partial charge is 0.480 e. The van der Waals surface area contributed by atoms with Gasteiger partial charge in [-0.15, -0.1) is 11.8 Å². The summed E-state index contributed by atoms with van der Waals surface area (Å²) >= 11 is 1.43. The van der Waals surface area contributed by atoms with E-state index in [2.05, 4.69) is 0 Å². The summed E-state index contributed by atoms with van der Waals surface area (Å²) < 4.78 is -0.542. The van der Waals surface area contributed by atoms with Gasteiger partial charge in [0.15, 0.2) is 0 Å². The van der Waals surface area contributed by atoms with Crippen molar-refractivity contribution >= 4 is 17.7 Å². The number of aliphatic carboxylic acids is 1. The second kappa shape index (κ2) is 2.66. The number of hydrogen-bond donors (Lipinski definition) is 1. The summed E-state index contributed by atoms with van der Waals surface area (Å²) in [5.41, 5.74) is 0. The van der Waals surface area contributed by atoms with E-state index in [4.69, 9.17) is 5.11 Å². The van der Waals surface area contributed by atoms with Crippen molar-refractivity contribution in [3.63, 3.8) is 0 Å². The quantitative estimate of drug-likeness (QED) is 0.619. The number of rotatable bonds is 2. The van der Waals surface area contributed by atoms with Gasteiger partial charge in [0.2, 0.25) is 0 Å². The van der Waals surface area contributed by atoms with Crippen LogP contribution in [0.25, 0.3) is 0 Å². The molecule has 3 heteroatoms. The van der Waals surface area contributed by atoms with E-state index in [0.717, 1.165) is 0 Å². The monoisotopic (exact) mass is 158 g/mol. The Balaban J connectivity index is 2.70. The summed E-state index contributed by atoms with van der Waals surface area (Å²) in [7, 11) is 0. The Morgan fingerprint density at radius 2 is 2.10 bits per heavy atom. The minimum Gasteiger partial charge on any atom is -0.480 e. The van der Waals surface area contributed by atoms with Crippen molar-refractivity contribution in [2.75, 3.05) is 6.26 Å². The fourth-order valence-electron chi connectivity index (χ4n) is 1.06. The van der Waals surface area contributed by atoms with E-state index in [1.54, 1.807) is 0 Å². The Morgan fingerprint density at radius 3 is 2.30 bits per heavy atom. The highest BCUT2D eigenvalue weighted by Gasteiger charge is 2.37. The number of carboxylic acids is 1. The molecule has 2 nitrogen and oxygen atoms in total. The highest BCUT2D eigenvalue weighted by atomic mass is 32.2. The molecule has 1 N–H and O–H groups in total. The van der Waals surface area contributed by atoms with Gasteiger partial charge in [0, 0.05) is 0 Å². The van der Waals surface area contributed by atoms with Crippen LogP contribution in [0, 0.1) is 0 Å². The van der Waals surface area contributed by atoms with Crippen molar-refractivity contribution in [1.82, 2.24) is 0 Å². The molecule has 0 spiro atoms. The zero-order valence-electron chi connectivity index (χ0n) is 5.83. The van der Waals surface area contributed by atoms with Gasteiger partial charge in [-0.2, -0.15) is 0 Å². The van der Waals surface area contributed by atoms with Crippen LogP contribution in [0.4, 0.5) is 0 Å². The number of allylic oxidation sites excluding steroid dienone is 2. The predicted molar refractivity (Wildman–Crippen MR) is 42.3 cm³/mol. The maximum Gasteiger partial charge on any atom is 0.320 e. The van der Waals surface area contributed by atoms with Crippen LogP contribution in [0.2, 0.25) is 0 Å². The summed E-state index contributed by atoms with van der Waals surface area (Å²) in [5, 5.41) is 8.80. The Bertz CT molecular complexity index is 166. The molecule has 0 heterocycles. The van der Waals surface area contributed by atoms with Gasteiger partial charge in [-0.3, -0.25) is 4.79 Å². The van der Waals surface area contributed by atoms with Crippen LogP contribution in [-0.2, 0) is 4.79 Å². The lowest BCUT2D eigenvalue weighted by atomic mass is 10.1. The van der Waals surface area contributed by atoms with Crippen molar-refractivity contribution in [2.45, 2.75) is 17.6 Å². The van der Waals surface area contributed by atoms with Gasteiger partial charge in [-0.1, -0.05) is 12.2 Å². The first-order chi connectivity index (χ1) is 4.71. The van der Waals surface area contributed by atoms with Crippen molar-refractivity contribution in [3.05, 3.63) is 12.2 Å². The minimum absolute atomic E-state index is 0.542. The molecule has 10 heavy (non-hydrogen) atoms. The fourth-order valence-corrected chi connectivity index (χ4v) is 1.76. The number of carbonyl (C=O) groups is 1. The zero-order chi connectivity index (χ0) is 7.61. The van der Waals surface area contributed by atoms with Crippen LogP contribution in [0.3, 0.4) is 0 Å². The van der Waals surface area contributed by atoms with E-state index >= 15 is 0 Å². The molecule has 0 radical (unpaired) electrons. The van der Waals surface area contributed by atoms with E-state index < -0.39 is 10.7 Å². The van der Waals surface area contributed by atoms with Crippen LogP contribution in [0.1, 0.15) is 12.8 Å². The molecule has 0 saturated carbocycles. The Kier molecular flexibility index (Phi) is 2.04. The molecule has 0 aromatic carbocycles. The smallest absolute Gasteiger partial charge is 0.320 e. The molecule has 0 unspecified atom stereocenters. The Labute approximate surface area is 64.3 Å². The Hall–Kier alpha value is -0.440. The molecule has 1 aliphatic rings. The third-order valence-corrected chi connectivity index (χ3v) is 3.13. The lowest BCUT2D eigenvalue weighted by molar-refractivity contribution is -0.139.